The molecule has 0 N–H and O–H groups in total. The number of halogens is 1. The summed E-state index contributed by atoms with van der Waals surface area (Å²) in [6.45, 7) is 1.09. The summed E-state index contributed by atoms with van der Waals surface area (Å²) in [4.78, 5) is 20.7. The number of carbonyl (C=O) groups excluding carboxylic acids is 1. The highest BCUT2D eigenvalue weighted by molar-refractivity contribution is 6.32. The van der Waals surface area contributed by atoms with Crippen LogP contribution in [0.1, 0.15) is 6.92 Å². The first-order valence-electron chi connectivity index (χ1n) is 4.07. The third-order valence-electron chi connectivity index (χ3n) is 1.56. The molecule has 0 aliphatic heterocycles. The third-order valence-corrected chi connectivity index (χ3v) is 1.86. The van der Waals surface area contributed by atoms with Gasteiger partial charge in [-0.05, 0) is 13.0 Å². The van der Waals surface area contributed by atoms with Crippen molar-refractivity contribution in [1.82, 2.24) is 0 Å². The summed E-state index contributed by atoms with van der Waals surface area (Å²) in [5.41, 5.74) is -0.247. The molecule has 1 aromatic rings. The second-order valence-corrected chi connectivity index (χ2v) is 3.24. The normalized spacial score (nSPS) is 9.73. The second kappa shape index (κ2) is 4.75. The van der Waals surface area contributed by atoms with E-state index in [4.69, 9.17) is 16.3 Å². The maximum Gasteiger partial charge on any atom is 0.312 e. The van der Waals surface area contributed by atoms with E-state index in [1.807, 2.05) is 0 Å². The molecular formula is C9H8ClNO4. The van der Waals surface area contributed by atoms with E-state index < -0.39 is 4.92 Å². The molecule has 1 rings (SSSR count). The summed E-state index contributed by atoms with van der Waals surface area (Å²) in [5, 5.41) is 10.7. The van der Waals surface area contributed by atoms with Crippen molar-refractivity contribution < 1.29 is 14.5 Å². The largest absolute Gasteiger partial charge is 0.478 e. The van der Waals surface area contributed by atoms with Gasteiger partial charge in [0.15, 0.2) is 5.78 Å². The molecule has 6 heteroatoms. The van der Waals surface area contributed by atoms with Gasteiger partial charge < -0.3 is 4.74 Å². The van der Waals surface area contributed by atoms with Gasteiger partial charge in [0.2, 0.25) is 5.75 Å². The minimum atomic E-state index is -0.610. The van der Waals surface area contributed by atoms with E-state index in [0.29, 0.717) is 0 Å². The lowest BCUT2D eigenvalue weighted by molar-refractivity contribution is -0.385. The SMILES string of the molecule is CC(=O)COc1c(Cl)cccc1[N+](=O)[O-]. The zero-order chi connectivity index (χ0) is 11.4. The number of benzene rings is 1. The van der Waals surface area contributed by atoms with Gasteiger partial charge in [0.1, 0.15) is 6.61 Å². The van der Waals surface area contributed by atoms with Crippen molar-refractivity contribution in [3.05, 3.63) is 33.3 Å². The van der Waals surface area contributed by atoms with Gasteiger partial charge in [0.05, 0.1) is 9.95 Å². The van der Waals surface area contributed by atoms with Crippen molar-refractivity contribution in [1.29, 1.82) is 0 Å². The van der Waals surface area contributed by atoms with Gasteiger partial charge in [-0.25, -0.2) is 0 Å². The fourth-order valence-electron chi connectivity index (χ4n) is 0.958. The number of ketones is 1. The summed E-state index contributed by atoms with van der Waals surface area (Å²) in [6.07, 6.45) is 0. The maximum atomic E-state index is 10.7. The monoisotopic (exact) mass is 229 g/mol. The summed E-state index contributed by atoms with van der Waals surface area (Å²) >= 11 is 5.72. The van der Waals surface area contributed by atoms with Gasteiger partial charge in [-0.3, -0.25) is 14.9 Å². The number of hydrogen-bond acceptors (Lipinski definition) is 4. The molecule has 0 amide bonds. The third kappa shape index (κ3) is 2.92. The summed E-state index contributed by atoms with van der Waals surface area (Å²) in [6, 6.07) is 4.17. The lowest BCUT2D eigenvalue weighted by atomic mass is 10.3. The van der Waals surface area contributed by atoms with Gasteiger partial charge in [-0.2, -0.15) is 0 Å². The van der Waals surface area contributed by atoms with E-state index in [1.54, 1.807) is 0 Å². The number of nitro benzene ring substituents is 1. The highest BCUT2D eigenvalue weighted by Crippen LogP contribution is 2.34. The van der Waals surface area contributed by atoms with Crippen LogP contribution >= 0.6 is 11.6 Å². The molecule has 0 saturated heterocycles. The van der Waals surface area contributed by atoms with E-state index in [2.05, 4.69) is 0 Å². The Bertz CT molecular complexity index is 405. The summed E-state index contributed by atoms with van der Waals surface area (Å²) < 4.78 is 4.97. The minimum absolute atomic E-state index is 0.0700. The van der Waals surface area contributed by atoms with Crippen molar-refractivity contribution in [3.8, 4) is 5.75 Å². The molecule has 0 bridgehead atoms. The number of para-hydroxylation sites is 1. The first-order chi connectivity index (χ1) is 7.02. The molecule has 0 aliphatic rings. The number of rotatable bonds is 4. The Hall–Kier alpha value is -1.62. The topological polar surface area (TPSA) is 69.4 Å². The maximum absolute atomic E-state index is 10.7. The molecule has 15 heavy (non-hydrogen) atoms. The second-order valence-electron chi connectivity index (χ2n) is 2.84. The standard InChI is InChI=1S/C9H8ClNO4/c1-6(12)5-15-9-7(10)3-2-4-8(9)11(13)14/h2-4H,5H2,1H3. The Morgan fingerprint density at radius 3 is 2.80 bits per heavy atom. The molecular weight excluding hydrogens is 222 g/mol. The number of carbonyl (C=O) groups is 1. The number of nitrogens with zero attached hydrogens (tertiary/aromatic N) is 1. The molecule has 0 unspecified atom stereocenters. The van der Waals surface area contributed by atoms with Gasteiger partial charge in [0, 0.05) is 6.07 Å². The van der Waals surface area contributed by atoms with Crippen LogP contribution in [0.2, 0.25) is 5.02 Å². The fourth-order valence-corrected chi connectivity index (χ4v) is 1.18. The molecule has 0 atom stereocenters. The zero-order valence-electron chi connectivity index (χ0n) is 7.90. The van der Waals surface area contributed by atoms with Gasteiger partial charge >= 0.3 is 5.69 Å². The molecule has 0 fully saturated rings. The van der Waals surface area contributed by atoms with E-state index in [-0.39, 0.29) is 28.8 Å². The van der Waals surface area contributed by atoms with E-state index >= 15 is 0 Å². The van der Waals surface area contributed by atoms with Crippen molar-refractivity contribution >= 4 is 23.1 Å². The number of hydrogen-bond donors (Lipinski definition) is 0. The van der Waals surface area contributed by atoms with Crippen LogP contribution in [0.4, 0.5) is 5.69 Å². The van der Waals surface area contributed by atoms with E-state index in [0.717, 1.165) is 0 Å². The van der Waals surface area contributed by atoms with Crippen LogP contribution < -0.4 is 4.74 Å². The van der Waals surface area contributed by atoms with Crippen LogP contribution in [0.3, 0.4) is 0 Å². The van der Waals surface area contributed by atoms with Crippen molar-refractivity contribution in [2.45, 2.75) is 6.92 Å². The van der Waals surface area contributed by atoms with Crippen molar-refractivity contribution in [2.24, 2.45) is 0 Å². The number of nitro groups is 1. The van der Waals surface area contributed by atoms with Crippen LogP contribution in [0.5, 0.6) is 5.75 Å². The van der Waals surface area contributed by atoms with Gasteiger partial charge in [-0.1, -0.05) is 17.7 Å². The zero-order valence-corrected chi connectivity index (χ0v) is 8.65. The van der Waals surface area contributed by atoms with Crippen LogP contribution in [0.25, 0.3) is 0 Å². The first-order valence-corrected chi connectivity index (χ1v) is 4.45. The average molecular weight is 230 g/mol. The Morgan fingerprint density at radius 2 is 2.27 bits per heavy atom. The fraction of sp³-hybridized carbons (Fsp3) is 0.222. The molecule has 5 nitrogen and oxygen atoms in total. The molecule has 1 aromatic carbocycles. The predicted molar refractivity (Wildman–Crippen MR) is 54.3 cm³/mol. The smallest absolute Gasteiger partial charge is 0.312 e. The number of ether oxygens (including phenoxy) is 1. The van der Waals surface area contributed by atoms with Gasteiger partial charge in [0.25, 0.3) is 0 Å². The minimum Gasteiger partial charge on any atom is -0.478 e. The molecule has 0 heterocycles. The highest BCUT2D eigenvalue weighted by Gasteiger charge is 2.18. The highest BCUT2D eigenvalue weighted by atomic mass is 35.5. The van der Waals surface area contributed by atoms with Crippen molar-refractivity contribution in [2.75, 3.05) is 6.61 Å². The lowest BCUT2D eigenvalue weighted by Gasteiger charge is -2.05. The van der Waals surface area contributed by atoms with Crippen LogP contribution in [-0.2, 0) is 4.79 Å². The molecule has 0 aliphatic carbocycles. The quantitative estimate of drug-likeness (QED) is 0.586. The Morgan fingerprint density at radius 1 is 1.60 bits per heavy atom. The van der Waals surface area contributed by atoms with Crippen molar-refractivity contribution in [3.63, 3.8) is 0 Å². The molecule has 80 valence electrons. The van der Waals surface area contributed by atoms with E-state index in [1.165, 1.54) is 25.1 Å². The Labute approximate surface area is 90.8 Å². The molecule has 0 radical (unpaired) electrons. The van der Waals surface area contributed by atoms with Crippen LogP contribution in [-0.4, -0.2) is 17.3 Å². The molecule has 0 spiro atoms. The van der Waals surface area contributed by atoms with Crippen LogP contribution in [0, 0.1) is 10.1 Å². The van der Waals surface area contributed by atoms with E-state index in [9.17, 15) is 14.9 Å². The van der Waals surface area contributed by atoms with Gasteiger partial charge in [-0.15, -0.1) is 0 Å². The van der Waals surface area contributed by atoms with Crippen LogP contribution in [0.15, 0.2) is 18.2 Å². The number of Topliss-reactive ketones (excluding diaryl/α,β-unsaturated/α-hetero) is 1. The first kappa shape index (κ1) is 11.5. The molecule has 0 aromatic heterocycles. The summed E-state index contributed by atoms with van der Waals surface area (Å²) in [5.74, 6) is -0.302. The molecule has 0 saturated carbocycles. The lowest BCUT2D eigenvalue weighted by Crippen LogP contribution is -2.08. The Balaban J connectivity index is 3.02. The average Bonchev–Trinajstić information content (AvgIpc) is 2.15. The Kier molecular flexibility index (Phi) is 3.62. The summed E-state index contributed by atoms with van der Waals surface area (Å²) in [7, 11) is 0. The predicted octanol–water partition coefficient (Wildman–Crippen LogP) is 2.22.